The normalized spacial score (nSPS) is 24.9. The molecule has 1 aliphatic heterocycles. The number of carbonyl (C=O) groups is 1. The Kier molecular flexibility index (Phi) is 3.92. The van der Waals surface area contributed by atoms with Crippen LogP contribution in [0.25, 0.3) is 0 Å². The first-order valence-electron chi connectivity index (χ1n) is 6.65. The van der Waals surface area contributed by atoms with Crippen molar-refractivity contribution in [3.63, 3.8) is 0 Å². The van der Waals surface area contributed by atoms with Gasteiger partial charge in [0.15, 0.2) is 0 Å². The SMILES string of the molecule is CC1(CNC(=O)C2(C(N)=S)CCC2)CCOCC1. The molecule has 1 saturated heterocycles. The van der Waals surface area contributed by atoms with Crippen LogP contribution in [0.5, 0.6) is 0 Å². The lowest BCUT2D eigenvalue weighted by molar-refractivity contribution is -0.131. The lowest BCUT2D eigenvalue weighted by Crippen LogP contribution is -2.54. The van der Waals surface area contributed by atoms with E-state index in [0.29, 0.717) is 11.5 Å². The van der Waals surface area contributed by atoms with Crippen LogP contribution in [0.1, 0.15) is 39.0 Å². The minimum Gasteiger partial charge on any atom is -0.392 e. The van der Waals surface area contributed by atoms with Gasteiger partial charge in [-0.3, -0.25) is 4.79 Å². The summed E-state index contributed by atoms with van der Waals surface area (Å²) in [5, 5.41) is 3.06. The minimum atomic E-state index is -0.559. The zero-order chi connectivity index (χ0) is 13.2. The summed E-state index contributed by atoms with van der Waals surface area (Å²) < 4.78 is 5.36. The first kappa shape index (κ1) is 13.7. The van der Waals surface area contributed by atoms with Crippen molar-refractivity contribution in [1.82, 2.24) is 5.32 Å². The summed E-state index contributed by atoms with van der Waals surface area (Å²) in [6.45, 7) is 4.46. The van der Waals surface area contributed by atoms with E-state index in [2.05, 4.69) is 12.2 Å². The summed E-state index contributed by atoms with van der Waals surface area (Å²) >= 11 is 5.05. The van der Waals surface area contributed by atoms with Gasteiger partial charge in [0.1, 0.15) is 0 Å². The first-order valence-corrected chi connectivity index (χ1v) is 7.05. The van der Waals surface area contributed by atoms with Crippen molar-refractivity contribution in [2.75, 3.05) is 19.8 Å². The van der Waals surface area contributed by atoms with Gasteiger partial charge < -0.3 is 15.8 Å². The fourth-order valence-corrected chi connectivity index (χ4v) is 2.92. The van der Waals surface area contributed by atoms with Crippen LogP contribution in [0.3, 0.4) is 0 Å². The molecule has 2 aliphatic rings. The Labute approximate surface area is 114 Å². The molecule has 0 aromatic heterocycles. The molecule has 4 nitrogen and oxygen atoms in total. The van der Waals surface area contributed by atoms with E-state index in [0.717, 1.165) is 45.3 Å². The van der Waals surface area contributed by atoms with Crippen LogP contribution < -0.4 is 11.1 Å². The minimum absolute atomic E-state index is 0.0222. The zero-order valence-corrected chi connectivity index (χ0v) is 11.8. The van der Waals surface area contributed by atoms with Crippen molar-refractivity contribution in [2.45, 2.75) is 39.0 Å². The van der Waals surface area contributed by atoms with Gasteiger partial charge in [0.05, 0.1) is 10.4 Å². The molecule has 1 amide bonds. The molecule has 2 fully saturated rings. The topological polar surface area (TPSA) is 64.4 Å². The van der Waals surface area contributed by atoms with Gasteiger partial charge in [-0.2, -0.15) is 0 Å². The standard InChI is InChI=1S/C13H22N2O2S/c1-12(5-7-17-8-6-12)9-15-11(16)13(10(14)18)3-2-4-13/h2-9H2,1H3,(H2,14,18)(H,15,16). The fraction of sp³-hybridized carbons (Fsp3) is 0.846. The Balaban J connectivity index is 1.89. The maximum atomic E-state index is 12.3. The van der Waals surface area contributed by atoms with Crippen molar-refractivity contribution in [1.29, 1.82) is 0 Å². The van der Waals surface area contributed by atoms with E-state index in [1.165, 1.54) is 0 Å². The number of carbonyl (C=O) groups excluding carboxylic acids is 1. The summed E-state index contributed by atoms with van der Waals surface area (Å²) in [7, 11) is 0. The third-order valence-corrected chi connectivity index (χ3v) is 4.88. The summed E-state index contributed by atoms with van der Waals surface area (Å²) in [6.07, 6.45) is 4.62. The molecule has 0 spiro atoms. The Hall–Kier alpha value is -0.680. The first-order chi connectivity index (χ1) is 8.49. The quantitative estimate of drug-likeness (QED) is 0.757. The molecular weight excluding hydrogens is 248 g/mol. The number of rotatable bonds is 4. The van der Waals surface area contributed by atoms with Gasteiger partial charge in [-0.15, -0.1) is 0 Å². The van der Waals surface area contributed by atoms with Crippen LogP contribution in [0.15, 0.2) is 0 Å². The number of ether oxygens (including phenoxy) is 1. The molecule has 0 aromatic carbocycles. The van der Waals surface area contributed by atoms with Gasteiger partial charge in [-0.25, -0.2) is 0 Å². The van der Waals surface area contributed by atoms with Gasteiger partial charge in [0.2, 0.25) is 5.91 Å². The number of nitrogens with two attached hydrogens (primary N) is 1. The average molecular weight is 270 g/mol. The fourth-order valence-electron chi connectivity index (χ4n) is 2.62. The largest absolute Gasteiger partial charge is 0.392 e. The van der Waals surface area contributed by atoms with Crippen molar-refractivity contribution in [3.05, 3.63) is 0 Å². The van der Waals surface area contributed by atoms with E-state index in [9.17, 15) is 4.79 Å². The summed E-state index contributed by atoms with van der Waals surface area (Å²) in [6, 6.07) is 0. The molecule has 0 atom stereocenters. The van der Waals surface area contributed by atoms with Crippen molar-refractivity contribution in [2.24, 2.45) is 16.6 Å². The van der Waals surface area contributed by atoms with Crippen LogP contribution >= 0.6 is 12.2 Å². The lowest BCUT2D eigenvalue weighted by atomic mass is 9.67. The maximum absolute atomic E-state index is 12.3. The van der Waals surface area contributed by atoms with Gasteiger partial charge in [-0.1, -0.05) is 25.6 Å². The number of hydrogen-bond donors (Lipinski definition) is 2. The molecule has 0 bridgehead atoms. The molecule has 0 radical (unpaired) electrons. The summed E-state index contributed by atoms with van der Waals surface area (Å²) in [4.78, 5) is 12.6. The van der Waals surface area contributed by atoms with E-state index >= 15 is 0 Å². The highest BCUT2D eigenvalue weighted by molar-refractivity contribution is 7.80. The molecule has 102 valence electrons. The monoisotopic (exact) mass is 270 g/mol. The Morgan fingerprint density at radius 1 is 1.33 bits per heavy atom. The Morgan fingerprint density at radius 2 is 1.94 bits per heavy atom. The van der Waals surface area contributed by atoms with Crippen LogP contribution in [-0.2, 0) is 9.53 Å². The maximum Gasteiger partial charge on any atom is 0.233 e. The molecule has 2 rings (SSSR count). The second kappa shape index (κ2) is 5.13. The predicted molar refractivity (Wildman–Crippen MR) is 74.2 cm³/mol. The molecule has 5 heteroatoms. The molecule has 3 N–H and O–H groups in total. The number of amides is 1. The average Bonchev–Trinajstić information content (AvgIpc) is 2.25. The molecule has 1 heterocycles. The molecule has 1 aliphatic carbocycles. The van der Waals surface area contributed by atoms with Crippen molar-refractivity contribution >= 4 is 23.1 Å². The summed E-state index contributed by atoms with van der Waals surface area (Å²) in [5.74, 6) is 0.0222. The number of nitrogens with one attached hydrogen (secondary N) is 1. The van der Waals surface area contributed by atoms with Crippen molar-refractivity contribution in [3.8, 4) is 0 Å². The van der Waals surface area contributed by atoms with Gasteiger partial charge in [-0.05, 0) is 31.1 Å². The van der Waals surface area contributed by atoms with E-state index in [4.69, 9.17) is 22.7 Å². The van der Waals surface area contributed by atoms with E-state index in [1.807, 2.05) is 0 Å². The lowest BCUT2D eigenvalue weighted by Gasteiger charge is -2.41. The number of hydrogen-bond acceptors (Lipinski definition) is 3. The molecule has 1 saturated carbocycles. The van der Waals surface area contributed by atoms with Crippen LogP contribution in [0, 0.1) is 10.8 Å². The molecular formula is C13H22N2O2S. The Bertz CT molecular complexity index is 347. The van der Waals surface area contributed by atoms with Crippen molar-refractivity contribution < 1.29 is 9.53 Å². The highest BCUT2D eigenvalue weighted by Crippen LogP contribution is 2.41. The second-order valence-electron chi connectivity index (χ2n) is 5.91. The zero-order valence-electron chi connectivity index (χ0n) is 11.0. The highest BCUT2D eigenvalue weighted by atomic mass is 32.1. The van der Waals surface area contributed by atoms with Crippen LogP contribution in [-0.4, -0.2) is 30.7 Å². The molecule has 0 aromatic rings. The van der Waals surface area contributed by atoms with Gasteiger partial charge >= 0.3 is 0 Å². The van der Waals surface area contributed by atoms with E-state index in [-0.39, 0.29) is 11.3 Å². The van der Waals surface area contributed by atoms with Gasteiger partial charge in [0, 0.05) is 19.8 Å². The van der Waals surface area contributed by atoms with Crippen LogP contribution in [0.2, 0.25) is 0 Å². The smallest absolute Gasteiger partial charge is 0.233 e. The third-order valence-electron chi connectivity index (χ3n) is 4.49. The van der Waals surface area contributed by atoms with E-state index < -0.39 is 5.41 Å². The van der Waals surface area contributed by atoms with Crippen LogP contribution in [0.4, 0.5) is 0 Å². The second-order valence-corrected chi connectivity index (χ2v) is 6.35. The highest BCUT2D eigenvalue weighted by Gasteiger charge is 2.47. The number of thiocarbonyl (C=S) groups is 1. The third kappa shape index (κ3) is 2.52. The molecule has 0 unspecified atom stereocenters. The predicted octanol–water partition coefficient (Wildman–Crippen LogP) is 1.38. The summed E-state index contributed by atoms with van der Waals surface area (Å²) in [5.41, 5.74) is 5.32. The Morgan fingerprint density at radius 3 is 2.39 bits per heavy atom. The molecule has 18 heavy (non-hydrogen) atoms. The van der Waals surface area contributed by atoms with Gasteiger partial charge in [0.25, 0.3) is 0 Å². The van der Waals surface area contributed by atoms with E-state index in [1.54, 1.807) is 0 Å².